The molecule has 5 heteroatoms. The Morgan fingerprint density at radius 3 is 2.11 bits per heavy atom. The van der Waals surface area contributed by atoms with E-state index in [2.05, 4.69) is 0 Å². The summed E-state index contributed by atoms with van der Waals surface area (Å²) >= 11 is 1.71. The third-order valence-electron chi connectivity index (χ3n) is 4.78. The first-order valence-electron chi connectivity index (χ1n) is 9.77. The van der Waals surface area contributed by atoms with Gasteiger partial charge in [0.2, 0.25) is 5.91 Å². The van der Waals surface area contributed by atoms with Crippen LogP contribution < -0.4 is 10.5 Å². The van der Waals surface area contributed by atoms with Gasteiger partial charge in [-0.25, -0.2) is 0 Å². The molecule has 2 aromatic rings. The van der Waals surface area contributed by atoms with E-state index in [0.717, 1.165) is 42.1 Å². The van der Waals surface area contributed by atoms with Crippen molar-refractivity contribution in [3.8, 4) is 11.5 Å². The van der Waals surface area contributed by atoms with Crippen LogP contribution in [-0.2, 0) is 9.53 Å². The average molecular weight is 400 g/mol. The van der Waals surface area contributed by atoms with Crippen LogP contribution in [0.15, 0.2) is 59.5 Å². The molecule has 1 aliphatic rings. The Balaban J connectivity index is 1.77. The maximum Gasteiger partial charge on any atom is 0.248 e. The van der Waals surface area contributed by atoms with Gasteiger partial charge in [-0.15, -0.1) is 11.8 Å². The third-order valence-corrected chi connectivity index (χ3v) is 6.32. The minimum atomic E-state index is -0.611. The molecule has 0 spiro atoms. The molecule has 4 nitrogen and oxygen atoms in total. The van der Waals surface area contributed by atoms with E-state index in [1.807, 2.05) is 75.4 Å². The van der Waals surface area contributed by atoms with E-state index in [1.165, 1.54) is 0 Å². The number of primary amides is 1. The molecule has 1 fully saturated rings. The smallest absolute Gasteiger partial charge is 0.248 e. The highest BCUT2D eigenvalue weighted by Gasteiger charge is 2.47. The molecular weight excluding hydrogens is 370 g/mol. The Morgan fingerprint density at radius 1 is 1.00 bits per heavy atom. The Labute approximate surface area is 171 Å². The fraction of sp³-hybridized carbons (Fsp3) is 0.435. The summed E-state index contributed by atoms with van der Waals surface area (Å²) in [4.78, 5) is 13.4. The summed E-state index contributed by atoms with van der Waals surface area (Å²) in [5.41, 5.74) is 5.35. The summed E-state index contributed by atoms with van der Waals surface area (Å²) in [6, 6.07) is 17.7. The number of hydrogen-bond donors (Lipinski definition) is 1. The van der Waals surface area contributed by atoms with Crippen LogP contribution in [0.1, 0.15) is 46.5 Å². The third kappa shape index (κ3) is 5.30. The van der Waals surface area contributed by atoms with Crippen molar-refractivity contribution in [1.29, 1.82) is 0 Å². The maximum atomic E-state index is 12.3. The second-order valence-electron chi connectivity index (χ2n) is 8.27. The van der Waals surface area contributed by atoms with Crippen molar-refractivity contribution >= 4 is 17.7 Å². The highest BCUT2D eigenvalue weighted by atomic mass is 32.2. The van der Waals surface area contributed by atoms with Crippen molar-refractivity contribution in [3.63, 3.8) is 0 Å². The van der Waals surface area contributed by atoms with Crippen LogP contribution >= 0.6 is 11.8 Å². The molecule has 0 saturated heterocycles. The minimum Gasteiger partial charge on any atom is -0.457 e. The molecule has 0 aromatic heterocycles. The first-order chi connectivity index (χ1) is 13.3. The van der Waals surface area contributed by atoms with Crippen molar-refractivity contribution in [2.24, 2.45) is 5.73 Å². The SMILES string of the molecule is CC(C)(C)OC(C(N)=O)C1(Sc2ccc(Oc3ccccc3)cc2)CCCC1. The molecule has 0 heterocycles. The lowest BCUT2D eigenvalue weighted by molar-refractivity contribution is -0.142. The molecule has 0 aliphatic heterocycles. The van der Waals surface area contributed by atoms with E-state index in [1.54, 1.807) is 11.8 Å². The average Bonchev–Trinajstić information content (AvgIpc) is 3.11. The molecule has 28 heavy (non-hydrogen) atoms. The van der Waals surface area contributed by atoms with Crippen molar-refractivity contribution in [1.82, 2.24) is 0 Å². The van der Waals surface area contributed by atoms with Gasteiger partial charge in [0.25, 0.3) is 0 Å². The van der Waals surface area contributed by atoms with Gasteiger partial charge in [0, 0.05) is 4.90 Å². The summed E-state index contributed by atoms with van der Waals surface area (Å²) in [6.45, 7) is 5.89. The zero-order chi connectivity index (χ0) is 20.2. The quantitative estimate of drug-likeness (QED) is 0.663. The summed E-state index contributed by atoms with van der Waals surface area (Å²) in [7, 11) is 0. The molecule has 3 rings (SSSR count). The molecule has 0 bridgehead atoms. The fourth-order valence-electron chi connectivity index (χ4n) is 3.60. The van der Waals surface area contributed by atoms with E-state index in [-0.39, 0.29) is 10.7 Å². The predicted octanol–water partition coefficient (Wildman–Crippen LogP) is 5.55. The zero-order valence-corrected chi connectivity index (χ0v) is 17.6. The standard InChI is InChI=1S/C23H29NO3S/c1-22(2,3)27-20(21(24)25)23(15-7-8-16-23)28-19-13-11-18(12-14-19)26-17-9-5-4-6-10-17/h4-6,9-14,20H,7-8,15-16H2,1-3H3,(H2,24,25). The topological polar surface area (TPSA) is 61.5 Å². The van der Waals surface area contributed by atoms with Crippen molar-refractivity contribution < 1.29 is 14.3 Å². The molecular formula is C23H29NO3S. The first-order valence-corrected chi connectivity index (χ1v) is 10.6. The number of thioether (sulfide) groups is 1. The van der Waals surface area contributed by atoms with Gasteiger partial charge < -0.3 is 15.2 Å². The maximum absolute atomic E-state index is 12.3. The van der Waals surface area contributed by atoms with Gasteiger partial charge in [-0.1, -0.05) is 31.0 Å². The number of rotatable bonds is 7. The number of ether oxygens (including phenoxy) is 2. The van der Waals surface area contributed by atoms with Crippen molar-refractivity contribution in [3.05, 3.63) is 54.6 Å². The molecule has 2 N–H and O–H groups in total. The number of para-hydroxylation sites is 1. The van der Waals surface area contributed by atoms with Gasteiger partial charge >= 0.3 is 0 Å². The van der Waals surface area contributed by atoms with Crippen molar-refractivity contribution in [2.75, 3.05) is 0 Å². The molecule has 1 unspecified atom stereocenters. The van der Waals surface area contributed by atoms with Gasteiger partial charge in [0.05, 0.1) is 10.3 Å². The molecule has 150 valence electrons. The molecule has 1 atom stereocenters. The van der Waals surface area contributed by atoms with Crippen molar-refractivity contribution in [2.45, 2.75) is 67.8 Å². The zero-order valence-electron chi connectivity index (χ0n) is 16.8. The van der Waals surface area contributed by atoms with Crippen LogP contribution in [0.5, 0.6) is 11.5 Å². The Kier molecular flexibility index (Phi) is 6.36. The molecule has 1 aliphatic carbocycles. The highest BCUT2D eigenvalue weighted by Crippen LogP contribution is 2.49. The lowest BCUT2D eigenvalue weighted by Crippen LogP contribution is -2.50. The summed E-state index contributed by atoms with van der Waals surface area (Å²) in [5.74, 6) is 1.21. The normalized spacial score (nSPS) is 17.2. The van der Waals surface area contributed by atoms with E-state index in [0.29, 0.717) is 0 Å². The predicted molar refractivity (Wildman–Crippen MR) is 114 cm³/mol. The summed E-state index contributed by atoms with van der Waals surface area (Å²) in [5, 5.41) is 0. The van der Waals surface area contributed by atoms with Gasteiger partial charge in [-0.05, 0) is 70.0 Å². The molecule has 2 aromatic carbocycles. The van der Waals surface area contributed by atoms with Crippen LogP contribution in [0.25, 0.3) is 0 Å². The first kappa shape index (κ1) is 20.7. The minimum absolute atomic E-state index is 0.319. The lowest BCUT2D eigenvalue weighted by Gasteiger charge is -2.38. The number of carbonyl (C=O) groups is 1. The van der Waals surface area contributed by atoms with E-state index < -0.39 is 11.7 Å². The van der Waals surface area contributed by atoms with Gasteiger partial charge in [-0.3, -0.25) is 4.79 Å². The number of hydrogen-bond acceptors (Lipinski definition) is 4. The molecule has 1 saturated carbocycles. The van der Waals surface area contributed by atoms with Crippen LogP contribution in [0.3, 0.4) is 0 Å². The monoisotopic (exact) mass is 399 g/mol. The van der Waals surface area contributed by atoms with Gasteiger partial charge in [0.1, 0.15) is 11.5 Å². The van der Waals surface area contributed by atoms with Crippen LogP contribution in [0.2, 0.25) is 0 Å². The highest BCUT2D eigenvalue weighted by molar-refractivity contribution is 8.00. The lowest BCUT2D eigenvalue weighted by atomic mass is 9.97. The second kappa shape index (κ2) is 8.58. The van der Waals surface area contributed by atoms with E-state index in [4.69, 9.17) is 15.2 Å². The second-order valence-corrected chi connectivity index (χ2v) is 9.76. The van der Waals surface area contributed by atoms with E-state index >= 15 is 0 Å². The number of benzene rings is 2. The number of carbonyl (C=O) groups excluding carboxylic acids is 1. The van der Waals surface area contributed by atoms with E-state index in [9.17, 15) is 4.79 Å². The Morgan fingerprint density at radius 2 is 1.57 bits per heavy atom. The molecule has 0 radical (unpaired) electrons. The summed E-state index contributed by atoms with van der Waals surface area (Å²) < 4.78 is 11.7. The Hall–Kier alpha value is -1.98. The summed E-state index contributed by atoms with van der Waals surface area (Å²) in [6.07, 6.45) is 3.40. The molecule has 1 amide bonds. The van der Waals surface area contributed by atoms with Crippen LogP contribution in [0.4, 0.5) is 0 Å². The fourth-order valence-corrected chi connectivity index (χ4v) is 5.11. The van der Waals surface area contributed by atoms with Crippen LogP contribution in [0, 0.1) is 0 Å². The Bertz CT molecular complexity index is 778. The largest absolute Gasteiger partial charge is 0.457 e. The number of nitrogens with two attached hydrogens (primary N) is 1. The van der Waals surface area contributed by atoms with Gasteiger partial charge in [0.15, 0.2) is 6.10 Å². The van der Waals surface area contributed by atoms with Gasteiger partial charge in [-0.2, -0.15) is 0 Å². The van der Waals surface area contributed by atoms with Crippen LogP contribution in [-0.4, -0.2) is 22.4 Å². The number of amides is 1.